The number of hydrogen-bond donors (Lipinski definition) is 1. The Hall–Kier alpha value is -2.17. The normalized spacial score (nSPS) is 16.6. The standard InChI is InChI=1S/C16H18N2O3/c19-16(20)13-9-7-12(8-10-13)15-18-17-14(21-15)11-5-3-1-2-4-6-11/h7-11H,1-6H2,(H,19,20). The highest BCUT2D eigenvalue weighted by Crippen LogP contribution is 2.32. The third-order valence-electron chi connectivity index (χ3n) is 4.02. The van der Waals surface area contributed by atoms with Crippen LogP contribution in [0, 0.1) is 0 Å². The monoisotopic (exact) mass is 286 g/mol. The van der Waals surface area contributed by atoms with Gasteiger partial charge in [-0.2, -0.15) is 0 Å². The average Bonchev–Trinajstić information content (AvgIpc) is 2.83. The van der Waals surface area contributed by atoms with Crippen LogP contribution >= 0.6 is 0 Å². The topological polar surface area (TPSA) is 76.2 Å². The second-order valence-corrected chi connectivity index (χ2v) is 5.52. The van der Waals surface area contributed by atoms with Crippen molar-refractivity contribution in [1.29, 1.82) is 0 Å². The van der Waals surface area contributed by atoms with Gasteiger partial charge in [0.2, 0.25) is 11.8 Å². The molecule has 0 amide bonds. The van der Waals surface area contributed by atoms with Gasteiger partial charge in [-0.1, -0.05) is 25.7 Å². The Bertz CT molecular complexity index is 611. The zero-order valence-electron chi connectivity index (χ0n) is 11.8. The highest BCUT2D eigenvalue weighted by molar-refractivity contribution is 5.88. The lowest BCUT2D eigenvalue weighted by Gasteiger charge is -2.07. The Morgan fingerprint density at radius 1 is 1.05 bits per heavy atom. The van der Waals surface area contributed by atoms with Crippen molar-refractivity contribution in [3.63, 3.8) is 0 Å². The summed E-state index contributed by atoms with van der Waals surface area (Å²) in [6.07, 6.45) is 7.23. The van der Waals surface area contributed by atoms with Crippen LogP contribution in [0.1, 0.15) is 60.7 Å². The summed E-state index contributed by atoms with van der Waals surface area (Å²) in [4.78, 5) is 10.8. The maximum atomic E-state index is 10.8. The summed E-state index contributed by atoms with van der Waals surface area (Å²) >= 11 is 0. The minimum Gasteiger partial charge on any atom is -0.478 e. The Morgan fingerprint density at radius 3 is 2.33 bits per heavy atom. The number of hydrogen-bond acceptors (Lipinski definition) is 4. The van der Waals surface area contributed by atoms with E-state index < -0.39 is 5.97 Å². The summed E-state index contributed by atoms with van der Waals surface area (Å²) < 4.78 is 5.80. The zero-order valence-corrected chi connectivity index (χ0v) is 11.8. The fourth-order valence-electron chi connectivity index (χ4n) is 2.80. The molecule has 1 aliphatic carbocycles. The van der Waals surface area contributed by atoms with Gasteiger partial charge in [0.1, 0.15) is 0 Å². The van der Waals surface area contributed by atoms with E-state index in [2.05, 4.69) is 10.2 Å². The van der Waals surface area contributed by atoms with Gasteiger partial charge in [-0.3, -0.25) is 0 Å². The number of carbonyl (C=O) groups is 1. The maximum absolute atomic E-state index is 10.8. The first-order valence-corrected chi connectivity index (χ1v) is 7.41. The lowest BCUT2D eigenvalue weighted by atomic mass is 10.0. The molecule has 1 saturated carbocycles. The number of carboxylic acids is 1. The van der Waals surface area contributed by atoms with Crippen molar-refractivity contribution in [1.82, 2.24) is 10.2 Å². The molecule has 0 saturated heterocycles. The molecule has 110 valence electrons. The molecule has 1 aromatic carbocycles. The molecule has 0 aliphatic heterocycles. The Kier molecular flexibility index (Phi) is 3.99. The zero-order chi connectivity index (χ0) is 14.7. The SMILES string of the molecule is O=C(O)c1ccc(-c2nnc(C3CCCCCC3)o2)cc1. The van der Waals surface area contributed by atoms with Gasteiger partial charge in [-0.05, 0) is 37.1 Å². The fraction of sp³-hybridized carbons (Fsp3) is 0.438. The van der Waals surface area contributed by atoms with E-state index in [9.17, 15) is 4.79 Å². The average molecular weight is 286 g/mol. The highest BCUT2D eigenvalue weighted by Gasteiger charge is 2.20. The third kappa shape index (κ3) is 3.12. The molecule has 0 atom stereocenters. The molecule has 3 rings (SSSR count). The Labute approximate surface area is 123 Å². The van der Waals surface area contributed by atoms with Crippen molar-refractivity contribution >= 4 is 5.97 Å². The third-order valence-corrected chi connectivity index (χ3v) is 4.02. The number of rotatable bonds is 3. The molecule has 1 heterocycles. The quantitative estimate of drug-likeness (QED) is 0.867. The van der Waals surface area contributed by atoms with Gasteiger partial charge in [0.15, 0.2) is 0 Å². The number of aromatic nitrogens is 2. The van der Waals surface area contributed by atoms with Crippen molar-refractivity contribution in [3.8, 4) is 11.5 Å². The predicted octanol–water partition coefficient (Wildman–Crippen LogP) is 3.87. The first-order valence-electron chi connectivity index (χ1n) is 7.41. The van der Waals surface area contributed by atoms with E-state index in [1.807, 2.05) is 0 Å². The smallest absolute Gasteiger partial charge is 0.335 e. The van der Waals surface area contributed by atoms with E-state index in [-0.39, 0.29) is 5.56 Å². The van der Waals surface area contributed by atoms with Crippen molar-refractivity contribution in [3.05, 3.63) is 35.7 Å². The predicted molar refractivity (Wildman–Crippen MR) is 77.1 cm³/mol. The van der Waals surface area contributed by atoms with Crippen molar-refractivity contribution < 1.29 is 14.3 Å². The lowest BCUT2D eigenvalue weighted by molar-refractivity contribution is 0.0697. The van der Waals surface area contributed by atoms with Gasteiger partial charge in [-0.15, -0.1) is 10.2 Å². The van der Waals surface area contributed by atoms with E-state index in [4.69, 9.17) is 9.52 Å². The molecule has 0 radical (unpaired) electrons. The summed E-state index contributed by atoms with van der Waals surface area (Å²) in [6, 6.07) is 6.50. The molecule has 0 bridgehead atoms. The van der Waals surface area contributed by atoms with Crippen LogP contribution in [0.3, 0.4) is 0 Å². The van der Waals surface area contributed by atoms with Gasteiger partial charge in [0, 0.05) is 11.5 Å². The molecule has 5 nitrogen and oxygen atoms in total. The van der Waals surface area contributed by atoms with Crippen LogP contribution in [-0.4, -0.2) is 21.3 Å². The first kappa shape index (κ1) is 13.8. The molecule has 21 heavy (non-hydrogen) atoms. The number of benzene rings is 1. The molecule has 1 aliphatic rings. The largest absolute Gasteiger partial charge is 0.478 e. The van der Waals surface area contributed by atoms with E-state index in [1.165, 1.54) is 25.7 Å². The summed E-state index contributed by atoms with van der Waals surface area (Å²) in [7, 11) is 0. The van der Waals surface area contributed by atoms with E-state index in [0.717, 1.165) is 18.4 Å². The summed E-state index contributed by atoms with van der Waals surface area (Å²) in [5, 5.41) is 17.2. The number of carboxylic acid groups (broad SMARTS) is 1. The van der Waals surface area contributed by atoms with E-state index >= 15 is 0 Å². The molecular formula is C16H18N2O3. The summed E-state index contributed by atoms with van der Waals surface area (Å²) in [5.74, 6) is 0.610. The van der Waals surface area contributed by atoms with Gasteiger partial charge in [0.05, 0.1) is 5.56 Å². The Balaban J connectivity index is 1.79. The number of aromatic carboxylic acids is 1. The summed E-state index contributed by atoms with van der Waals surface area (Å²) in [5.41, 5.74) is 1.01. The van der Waals surface area contributed by atoms with Crippen LogP contribution in [0.5, 0.6) is 0 Å². The van der Waals surface area contributed by atoms with Crippen LogP contribution in [0.4, 0.5) is 0 Å². The van der Waals surface area contributed by atoms with Gasteiger partial charge in [0.25, 0.3) is 0 Å². The minimum atomic E-state index is -0.939. The second kappa shape index (κ2) is 6.08. The van der Waals surface area contributed by atoms with Gasteiger partial charge < -0.3 is 9.52 Å². The van der Waals surface area contributed by atoms with Gasteiger partial charge in [-0.25, -0.2) is 4.79 Å². The minimum absolute atomic E-state index is 0.252. The molecule has 1 fully saturated rings. The van der Waals surface area contributed by atoms with Crippen molar-refractivity contribution in [2.24, 2.45) is 0 Å². The molecule has 1 N–H and O–H groups in total. The van der Waals surface area contributed by atoms with Crippen molar-refractivity contribution in [2.75, 3.05) is 0 Å². The van der Waals surface area contributed by atoms with Crippen LogP contribution in [0.2, 0.25) is 0 Å². The lowest BCUT2D eigenvalue weighted by Crippen LogP contribution is -1.97. The second-order valence-electron chi connectivity index (χ2n) is 5.52. The van der Waals surface area contributed by atoms with Gasteiger partial charge >= 0.3 is 5.97 Å². The van der Waals surface area contributed by atoms with Crippen LogP contribution in [-0.2, 0) is 0 Å². The molecule has 0 unspecified atom stereocenters. The van der Waals surface area contributed by atoms with Crippen molar-refractivity contribution in [2.45, 2.75) is 44.4 Å². The van der Waals surface area contributed by atoms with Crippen LogP contribution in [0.15, 0.2) is 28.7 Å². The first-order chi connectivity index (χ1) is 10.2. The number of nitrogens with zero attached hydrogens (tertiary/aromatic N) is 2. The van der Waals surface area contributed by atoms with E-state index in [1.54, 1.807) is 24.3 Å². The Morgan fingerprint density at radius 2 is 1.71 bits per heavy atom. The fourth-order valence-corrected chi connectivity index (χ4v) is 2.80. The molecular weight excluding hydrogens is 268 g/mol. The van der Waals surface area contributed by atoms with Crippen LogP contribution in [0.25, 0.3) is 11.5 Å². The molecule has 2 aromatic rings. The molecule has 0 spiro atoms. The highest BCUT2D eigenvalue weighted by atomic mass is 16.4. The van der Waals surface area contributed by atoms with Crippen LogP contribution < -0.4 is 0 Å². The molecule has 1 aromatic heterocycles. The molecule has 5 heteroatoms. The van der Waals surface area contributed by atoms with E-state index in [0.29, 0.717) is 17.7 Å². The summed E-state index contributed by atoms with van der Waals surface area (Å²) in [6.45, 7) is 0. The maximum Gasteiger partial charge on any atom is 0.335 e.